The Kier molecular flexibility index (Phi) is 8.55. The van der Waals surface area contributed by atoms with Crippen LogP contribution in [-0.2, 0) is 4.74 Å². The quantitative estimate of drug-likeness (QED) is 0.421. The van der Waals surface area contributed by atoms with Crippen LogP contribution in [0.4, 0.5) is 0 Å². The van der Waals surface area contributed by atoms with Crippen molar-refractivity contribution >= 4 is 17.7 Å². The minimum atomic E-state index is 0.356. The molecule has 0 spiro atoms. The first-order chi connectivity index (χ1) is 11.2. The Balaban J connectivity index is 1.64. The molecular weight excluding hydrogens is 308 g/mol. The van der Waals surface area contributed by atoms with E-state index in [-0.39, 0.29) is 0 Å². The molecule has 134 valence electrons. The summed E-state index contributed by atoms with van der Waals surface area (Å²) in [4.78, 5) is 7.26. The first-order valence-corrected chi connectivity index (χ1v) is 10.2. The molecule has 3 unspecified atom stereocenters. The van der Waals surface area contributed by atoms with Crippen molar-refractivity contribution in [3.8, 4) is 0 Å². The first-order valence-electron chi connectivity index (χ1n) is 9.19. The van der Waals surface area contributed by atoms with E-state index in [1.54, 1.807) is 0 Å². The molecule has 2 saturated heterocycles. The van der Waals surface area contributed by atoms with Crippen LogP contribution in [-0.4, -0.2) is 73.3 Å². The summed E-state index contributed by atoms with van der Waals surface area (Å²) in [5.41, 5.74) is 0. The Hall–Kier alpha value is -0.460. The molecule has 3 atom stereocenters. The van der Waals surface area contributed by atoms with Gasteiger partial charge in [0.05, 0.1) is 18.8 Å². The number of nitrogens with zero attached hydrogens (tertiary/aromatic N) is 2. The monoisotopic (exact) mass is 342 g/mol. The fraction of sp³-hybridized carbons (Fsp3) is 0.941. The standard InChI is InChI=1S/C17H34N4OS/c1-4-18-17(20-11-16-7-5-10-23-16)19-8-6-9-21-12-14(2)22-15(3)13-21/h14-16H,4-13H2,1-3H3,(H2,18,19,20). The molecule has 5 nitrogen and oxygen atoms in total. The van der Waals surface area contributed by atoms with Gasteiger partial charge in [-0.3, -0.25) is 9.89 Å². The van der Waals surface area contributed by atoms with Crippen LogP contribution in [0.15, 0.2) is 4.99 Å². The summed E-state index contributed by atoms with van der Waals surface area (Å²) in [7, 11) is 0. The van der Waals surface area contributed by atoms with Crippen LogP contribution >= 0.6 is 11.8 Å². The van der Waals surface area contributed by atoms with E-state index in [0.29, 0.717) is 12.2 Å². The van der Waals surface area contributed by atoms with Gasteiger partial charge >= 0.3 is 0 Å². The second kappa shape index (κ2) is 10.4. The number of guanidine groups is 1. The van der Waals surface area contributed by atoms with Gasteiger partial charge in [-0.2, -0.15) is 11.8 Å². The molecule has 0 aromatic rings. The van der Waals surface area contributed by atoms with Crippen molar-refractivity contribution in [2.24, 2.45) is 4.99 Å². The van der Waals surface area contributed by atoms with Crippen LogP contribution in [0.25, 0.3) is 0 Å². The number of hydrogen-bond donors (Lipinski definition) is 2. The fourth-order valence-electron chi connectivity index (χ4n) is 3.30. The van der Waals surface area contributed by atoms with Crippen LogP contribution in [0.1, 0.15) is 40.0 Å². The summed E-state index contributed by atoms with van der Waals surface area (Å²) in [6.45, 7) is 12.5. The van der Waals surface area contributed by atoms with E-state index in [9.17, 15) is 0 Å². The van der Waals surface area contributed by atoms with E-state index >= 15 is 0 Å². The van der Waals surface area contributed by atoms with E-state index in [0.717, 1.165) is 56.9 Å². The van der Waals surface area contributed by atoms with Crippen LogP contribution in [0.3, 0.4) is 0 Å². The Labute approximate surface area is 146 Å². The highest BCUT2D eigenvalue weighted by atomic mass is 32.2. The summed E-state index contributed by atoms with van der Waals surface area (Å²) < 4.78 is 5.79. The second-order valence-corrected chi connectivity index (χ2v) is 8.06. The second-order valence-electron chi connectivity index (χ2n) is 6.65. The largest absolute Gasteiger partial charge is 0.373 e. The highest BCUT2D eigenvalue weighted by Crippen LogP contribution is 2.25. The Bertz CT molecular complexity index is 351. The van der Waals surface area contributed by atoms with Crippen molar-refractivity contribution in [3.63, 3.8) is 0 Å². The topological polar surface area (TPSA) is 48.9 Å². The van der Waals surface area contributed by atoms with Gasteiger partial charge in [0.2, 0.25) is 0 Å². The zero-order chi connectivity index (χ0) is 16.5. The summed E-state index contributed by atoms with van der Waals surface area (Å²) in [5.74, 6) is 2.28. The third kappa shape index (κ3) is 7.31. The summed E-state index contributed by atoms with van der Waals surface area (Å²) in [6.07, 6.45) is 4.53. The highest BCUT2D eigenvalue weighted by molar-refractivity contribution is 8.00. The van der Waals surface area contributed by atoms with Crippen LogP contribution in [0.2, 0.25) is 0 Å². The van der Waals surface area contributed by atoms with Crippen molar-refractivity contribution in [3.05, 3.63) is 0 Å². The Morgan fingerprint density at radius 3 is 2.70 bits per heavy atom. The van der Waals surface area contributed by atoms with E-state index in [1.807, 2.05) is 0 Å². The predicted octanol–water partition coefficient (Wildman–Crippen LogP) is 1.94. The van der Waals surface area contributed by atoms with E-state index in [2.05, 4.69) is 48.1 Å². The number of nitrogens with one attached hydrogen (secondary N) is 2. The SMILES string of the molecule is CCNC(=NCC1CCCS1)NCCCN1CC(C)OC(C)C1. The van der Waals surface area contributed by atoms with Crippen molar-refractivity contribution < 1.29 is 4.74 Å². The van der Waals surface area contributed by atoms with Gasteiger partial charge in [0.15, 0.2) is 5.96 Å². The molecule has 0 aliphatic carbocycles. The first kappa shape index (κ1) is 18.9. The minimum Gasteiger partial charge on any atom is -0.373 e. The van der Waals surface area contributed by atoms with Gasteiger partial charge in [-0.25, -0.2) is 0 Å². The zero-order valence-corrected chi connectivity index (χ0v) is 15.8. The number of rotatable bonds is 7. The smallest absolute Gasteiger partial charge is 0.191 e. The normalized spacial score (nSPS) is 29.7. The number of morpholine rings is 1. The maximum atomic E-state index is 5.79. The predicted molar refractivity (Wildman–Crippen MR) is 101 cm³/mol. The molecule has 2 N–H and O–H groups in total. The third-order valence-electron chi connectivity index (χ3n) is 4.26. The van der Waals surface area contributed by atoms with Gasteiger partial charge in [-0.15, -0.1) is 0 Å². The lowest BCUT2D eigenvalue weighted by atomic mass is 10.2. The molecule has 6 heteroatoms. The molecule has 2 aliphatic rings. The molecule has 2 aliphatic heterocycles. The van der Waals surface area contributed by atoms with E-state index in [4.69, 9.17) is 9.73 Å². The Morgan fingerprint density at radius 1 is 1.26 bits per heavy atom. The molecule has 0 aromatic carbocycles. The van der Waals surface area contributed by atoms with Crippen LogP contribution in [0.5, 0.6) is 0 Å². The minimum absolute atomic E-state index is 0.356. The van der Waals surface area contributed by atoms with Gasteiger partial charge in [0.25, 0.3) is 0 Å². The number of aliphatic imine (C=N–C) groups is 1. The fourth-order valence-corrected chi connectivity index (χ4v) is 4.48. The van der Waals surface area contributed by atoms with Crippen molar-refractivity contribution in [1.82, 2.24) is 15.5 Å². The van der Waals surface area contributed by atoms with Crippen molar-refractivity contribution in [2.45, 2.75) is 57.5 Å². The molecule has 0 bridgehead atoms. The van der Waals surface area contributed by atoms with Crippen molar-refractivity contribution in [2.75, 3.05) is 45.0 Å². The molecule has 2 rings (SSSR count). The summed E-state index contributed by atoms with van der Waals surface area (Å²) >= 11 is 2.07. The van der Waals surface area contributed by atoms with Gasteiger partial charge in [0.1, 0.15) is 0 Å². The van der Waals surface area contributed by atoms with E-state index < -0.39 is 0 Å². The molecule has 23 heavy (non-hydrogen) atoms. The summed E-state index contributed by atoms with van der Waals surface area (Å²) in [6, 6.07) is 0. The molecule has 0 radical (unpaired) electrons. The van der Waals surface area contributed by atoms with Gasteiger partial charge in [-0.1, -0.05) is 0 Å². The van der Waals surface area contributed by atoms with Crippen molar-refractivity contribution in [1.29, 1.82) is 0 Å². The number of thioether (sulfide) groups is 1. The summed E-state index contributed by atoms with van der Waals surface area (Å²) in [5, 5.41) is 7.56. The van der Waals surface area contributed by atoms with Crippen LogP contribution in [0, 0.1) is 0 Å². The van der Waals surface area contributed by atoms with Crippen LogP contribution < -0.4 is 10.6 Å². The molecule has 2 heterocycles. The maximum absolute atomic E-state index is 5.79. The average molecular weight is 343 g/mol. The highest BCUT2D eigenvalue weighted by Gasteiger charge is 2.21. The lowest BCUT2D eigenvalue weighted by Gasteiger charge is -2.35. The zero-order valence-electron chi connectivity index (χ0n) is 15.0. The molecule has 0 amide bonds. The average Bonchev–Trinajstić information content (AvgIpc) is 3.01. The number of hydrogen-bond acceptors (Lipinski definition) is 4. The third-order valence-corrected chi connectivity index (χ3v) is 5.64. The van der Waals surface area contributed by atoms with E-state index in [1.165, 1.54) is 18.6 Å². The lowest BCUT2D eigenvalue weighted by molar-refractivity contribution is -0.0679. The van der Waals surface area contributed by atoms with Gasteiger partial charge < -0.3 is 15.4 Å². The Morgan fingerprint density at radius 2 is 2.04 bits per heavy atom. The molecule has 2 fully saturated rings. The maximum Gasteiger partial charge on any atom is 0.191 e. The number of ether oxygens (including phenoxy) is 1. The molecule has 0 saturated carbocycles. The van der Waals surface area contributed by atoms with Gasteiger partial charge in [0, 0.05) is 38.0 Å². The molecule has 0 aromatic heterocycles. The van der Waals surface area contributed by atoms with Gasteiger partial charge in [-0.05, 0) is 45.8 Å². The molecular formula is C17H34N4OS. The lowest BCUT2D eigenvalue weighted by Crippen LogP contribution is -2.46.